The highest BCUT2D eigenvalue weighted by molar-refractivity contribution is 6.31. The summed E-state index contributed by atoms with van der Waals surface area (Å²) >= 11 is 18.2. The fraction of sp³-hybridized carbons (Fsp3) is 0.417. The molecule has 1 fully saturated rings. The standard InChI is InChI=1S/C24H27Cl3N2O2/c1-16-5-2-3-8-21(16)28-24(31)23(18-9-11-19(26)12-10-18)29(22(30)14-25)15-17-6-4-7-20(27)13-17/h4,6-7,9-13,16,21,23H,2-3,5,8,14-15H2,1H3,(H,28,31). The fourth-order valence-corrected chi connectivity index (χ4v) is 4.63. The monoisotopic (exact) mass is 480 g/mol. The van der Waals surface area contributed by atoms with Gasteiger partial charge in [0.2, 0.25) is 11.8 Å². The van der Waals surface area contributed by atoms with Crippen LogP contribution in [0.25, 0.3) is 0 Å². The number of amides is 2. The molecular formula is C24H27Cl3N2O2. The van der Waals surface area contributed by atoms with Crippen LogP contribution >= 0.6 is 34.8 Å². The van der Waals surface area contributed by atoms with Gasteiger partial charge in [-0.3, -0.25) is 9.59 Å². The van der Waals surface area contributed by atoms with Gasteiger partial charge in [0, 0.05) is 22.6 Å². The average Bonchev–Trinajstić information content (AvgIpc) is 2.75. The minimum absolute atomic E-state index is 0.0928. The SMILES string of the molecule is CC1CCCCC1NC(=O)C(c1ccc(Cl)cc1)N(Cc1cccc(Cl)c1)C(=O)CCl. The van der Waals surface area contributed by atoms with Crippen LogP contribution in [0.15, 0.2) is 48.5 Å². The van der Waals surface area contributed by atoms with E-state index in [1.807, 2.05) is 12.1 Å². The average molecular weight is 482 g/mol. The van der Waals surface area contributed by atoms with Crippen LogP contribution in [0.4, 0.5) is 0 Å². The Morgan fingerprint density at radius 3 is 2.42 bits per heavy atom. The summed E-state index contributed by atoms with van der Waals surface area (Å²) in [5.74, 6) is -0.360. The van der Waals surface area contributed by atoms with Gasteiger partial charge in [-0.1, -0.05) is 67.2 Å². The molecule has 2 aromatic rings. The van der Waals surface area contributed by atoms with Crippen LogP contribution in [0.3, 0.4) is 0 Å². The second-order valence-electron chi connectivity index (χ2n) is 8.12. The number of halogens is 3. The van der Waals surface area contributed by atoms with Crippen molar-refractivity contribution in [2.24, 2.45) is 5.92 Å². The molecule has 2 amide bonds. The summed E-state index contributed by atoms with van der Waals surface area (Å²) in [6, 6.07) is 13.5. The Morgan fingerprint density at radius 2 is 1.77 bits per heavy atom. The lowest BCUT2D eigenvalue weighted by Crippen LogP contribution is -2.49. The molecular weight excluding hydrogens is 455 g/mol. The summed E-state index contributed by atoms with van der Waals surface area (Å²) in [5, 5.41) is 4.34. The number of hydrogen-bond donors (Lipinski definition) is 1. The predicted octanol–water partition coefficient (Wildman–Crippen LogP) is 6.00. The molecule has 166 valence electrons. The van der Waals surface area contributed by atoms with E-state index in [1.54, 1.807) is 36.4 Å². The predicted molar refractivity (Wildman–Crippen MR) is 126 cm³/mol. The summed E-state index contributed by atoms with van der Waals surface area (Å²) in [7, 11) is 0. The van der Waals surface area contributed by atoms with Crippen LogP contribution in [0.2, 0.25) is 10.0 Å². The molecule has 31 heavy (non-hydrogen) atoms. The highest BCUT2D eigenvalue weighted by Gasteiger charge is 2.33. The molecule has 3 unspecified atom stereocenters. The smallest absolute Gasteiger partial charge is 0.247 e. The number of carbonyl (C=O) groups is 2. The Bertz CT molecular complexity index is 904. The van der Waals surface area contributed by atoms with Gasteiger partial charge in [-0.05, 0) is 54.2 Å². The van der Waals surface area contributed by atoms with Crippen molar-refractivity contribution in [1.29, 1.82) is 0 Å². The lowest BCUT2D eigenvalue weighted by molar-refractivity contribution is -0.140. The Hall–Kier alpha value is -1.75. The first kappa shape index (κ1) is 23.9. The van der Waals surface area contributed by atoms with E-state index in [0.717, 1.165) is 24.8 Å². The quantitative estimate of drug-likeness (QED) is 0.493. The molecule has 0 saturated heterocycles. The van der Waals surface area contributed by atoms with Gasteiger partial charge in [0.05, 0.1) is 0 Å². The van der Waals surface area contributed by atoms with Gasteiger partial charge in [0.15, 0.2) is 0 Å². The molecule has 0 aliphatic heterocycles. The third-order valence-electron chi connectivity index (χ3n) is 5.86. The molecule has 2 aromatic carbocycles. The number of nitrogens with zero attached hydrogens (tertiary/aromatic N) is 1. The van der Waals surface area contributed by atoms with Crippen molar-refractivity contribution < 1.29 is 9.59 Å². The molecule has 1 aliphatic carbocycles. The minimum Gasteiger partial charge on any atom is -0.351 e. The molecule has 3 rings (SSSR count). The highest BCUT2D eigenvalue weighted by Crippen LogP contribution is 2.29. The van der Waals surface area contributed by atoms with Crippen molar-refractivity contribution in [3.05, 3.63) is 69.7 Å². The van der Waals surface area contributed by atoms with E-state index < -0.39 is 6.04 Å². The molecule has 0 spiro atoms. The van der Waals surface area contributed by atoms with E-state index in [-0.39, 0.29) is 30.3 Å². The van der Waals surface area contributed by atoms with E-state index in [9.17, 15) is 9.59 Å². The molecule has 3 atom stereocenters. The van der Waals surface area contributed by atoms with Gasteiger partial charge in [-0.25, -0.2) is 0 Å². The molecule has 0 radical (unpaired) electrons. The summed E-state index contributed by atoms with van der Waals surface area (Å²) in [6.07, 6.45) is 4.30. The zero-order valence-electron chi connectivity index (χ0n) is 17.5. The van der Waals surface area contributed by atoms with Crippen LogP contribution < -0.4 is 5.32 Å². The molecule has 0 heterocycles. The van der Waals surface area contributed by atoms with E-state index in [2.05, 4.69) is 12.2 Å². The number of hydrogen-bond acceptors (Lipinski definition) is 2. The third-order valence-corrected chi connectivity index (χ3v) is 6.58. The summed E-state index contributed by atoms with van der Waals surface area (Å²) in [6.45, 7) is 2.38. The molecule has 0 bridgehead atoms. The minimum atomic E-state index is -0.823. The van der Waals surface area contributed by atoms with Gasteiger partial charge >= 0.3 is 0 Å². The lowest BCUT2D eigenvalue weighted by atomic mass is 9.85. The topological polar surface area (TPSA) is 49.4 Å². The second-order valence-corrected chi connectivity index (χ2v) is 9.26. The Balaban J connectivity index is 1.95. The van der Waals surface area contributed by atoms with Crippen LogP contribution in [0.5, 0.6) is 0 Å². The van der Waals surface area contributed by atoms with Crippen molar-refractivity contribution in [1.82, 2.24) is 10.2 Å². The van der Waals surface area contributed by atoms with Crippen molar-refractivity contribution >= 4 is 46.6 Å². The number of benzene rings is 2. The summed E-state index contributed by atoms with van der Waals surface area (Å²) in [5.41, 5.74) is 1.51. The van der Waals surface area contributed by atoms with Gasteiger partial charge in [-0.2, -0.15) is 0 Å². The normalized spacial score (nSPS) is 19.5. The van der Waals surface area contributed by atoms with Crippen molar-refractivity contribution in [3.63, 3.8) is 0 Å². The Labute approximate surface area is 198 Å². The molecule has 0 aromatic heterocycles. The lowest BCUT2D eigenvalue weighted by Gasteiger charge is -2.35. The second kappa shape index (κ2) is 11.2. The molecule has 1 N–H and O–H groups in total. The van der Waals surface area contributed by atoms with Crippen LogP contribution in [-0.4, -0.2) is 28.6 Å². The molecule has 1 aliphatic rings. The summed E-state index contributed by atoms with van der Waals surface area (Å²) < 4.78 is 0. The zero-order valence-corrected chi connectivity index (χ0v) is 19.8. The first-order valence-electron chi connectivity index (χ1n) is 10.5. The number of nitrogens with one attached hydrogen (secondary N) is 1. The first-order chi connectivity index (χ1) is 14.9. The van der Waals surface area contributed by atoms with Gasteiger partial charge in [0.1, 0.15) is 11.9 Å². The summed E-state index contributed by atoms with van der Waals surface area (Å²) in [4.78, 5) is 28.0. The third kappa shape index (κ3) is 6.38. The maximum absolute atomic E-state index is 13.6. The van der Waals surface area contributed by atoms with Gasteiger partial charge in [-0.15, -0.1) is 11.6 Å². The largest absolute Gasteiger partial charge is 0.351 e. The maximum atomic E-state index is 13.6. The van der Waals surface area contributed by atoms with Crippen molar-refractivity contribution in [3.8, 4) is 0 Å². The van der Waals surface area contributed by atoms with Gasteiger partial charge in [0.25, 0.3) is 0 Å². The maximum Gasteiger partial charge on any atom is 0.247 e. The van der Waals surface area contributed by atoms with E-state index >= 15 is 0 Å². The zero-order chi connectivity index (χ0) is 22.4. The number of alkyl halides is 1. The number of carbonyl (C=O) groups excluding carboxylic acids is 2. The van der Waals surface area contributed by atoms with Gasteiger partial charge < -0.3 is 10.2 Å². The fourth-order valence-electron chi connectivity index (χ4n) is 4.14. The Kier molecular flexibility index (Phi) is 8.65. The number of rotatable bonds is 7. The molecule has 1 saturated carbocycles. The van der Waals surface area contributed by atoms with E-state index in [0.29, 0.717) is 21.5 Å². The van der Waals surface area contributed by atoms with Crippen LogP contribution in [-0.2, 0) is 16.1 Å². The van der Waals surface area contributed by atoms with E-state index in [4.69, 9.17) is 34.8 Å². The van der Waals surface area contributed by atoms with Crippen molar-refractivity contribution in [2.75, 3.05) is 5.88 Å². The van der Waals surface area contributed by atoms with Crippen LogP contribution in [0.1, 0.15) is 49.8 Å². The van der Waals surface area contributed by atoms with Crippen LogP contribution in [0, 0.1) is 5.92 Å². The Morgan fingerprint density at radius 1 is 1.06 bits per heavy atom. The van der Waals surface area contributed by atoms with E-state index in [1.165, 1.54) is 11.3 Å². The first-order valence-corrected chi connectivity index (χ1v) is 11.8. The van der Waals surface area contributed by atoms with Crippen molar-refractivity contribution in [2.45, 2.75) is 51.2 Å². The molecule has 4 nitrogen and oxygen atoms in total. The molecule has 7 heteroatoms. The highest BCUT2D eigenvalue weighted by atomic mass is 35.5.